The third kappa shape index (κ3) is 6.67. The molecule has 0 aromatic heterocycles. The molecule has 0 unspecified atom stereocenters. The molecule has 0 heterocycles. The van der Waals surface area contributed by atoms with Crippen LogP contribution in [0.1, 0.15) is 50.6 Å². The smallest absolute Gasteiger partial charge is 0.229 e. The van der Waals surface area contributed by atoms with Gasteiger partial charge in [0, 0.05) is 24.6 Å². The van der Waals surface area contributed by atoms with Crippen LogP contribution in [0.4, 0.5) is 5.69 Å². The van der Waals surface area contributed by atoms with Crippen molar-refractivity contribution in [2.45, 2.75) is 45.1 Å². The van der Waals surface area contributed by atoms with Crippen molar-refractivity contribution in [3.8, 4) is 0 Å². The molecule has 0 saturated heterocycles. The number of hydrogen-bond donors (Lipinski definition) is 3. The molecule has 0 spiro atoms. The molecular formula is C18H27N3O4S. The Morgan fingerprint density at radius 2 is 1.92 bits per heavy atom. The van der Waals surface area contributed by atoms with Gasteiger partial charge in [0.25, 0.3) is 0 Å². The van der Waals surface area contributed by atoms with Crippen LogP contribution in [0.5, 0.6) is 0 Å². The van der Waals surface area contributed by atoms with Gasteiger partial charge in [-0.2, -0.15) is 0 Å². The number of hydrogen-bond acceptors (Lipinski definition) is 4. The van der Waals surface area contributed by atoms with E-state index >= 15 is 0 Å². The Balaban J connectivity index is 1.79. The minimum Gasteiger partial charge on any atom is -0.355 e. The van der Waals surface area contributed by atoms with E-state index in [9.17, 15) is 18.0 Å². The lowest BCUT2D eigenvalue weighted by atomic mass is 10.1. The van der Waals surface area contributed by atoms with E-state index in [0.717, 1.165) is 37.5 Å². The molecule has 1 aliphatic carbocycles. The van der Waals surface area contributed by atoms with Gasteiger partial charge in [-0.25, -0.2) is 8.42 Å². The van der Waals surface area contributed by atoms with Crippen molar-refractivity contribution in [3.05, 3.63) is 29.8 Å². The topological polar surface area (TPSA) is 104 Å². The van der Waals surface area contributed by atoms with Gasteiger partial charge in [0.15, 0.2) is 0 Å². The van der Waals surface area contributed by atoms with Gasteiger partial charge < -0.3 is 10.6 Å². The minimum atomic E-state index is -3.35. The molecule has 2 amide bonds. The van der Waals surface area contributed by atoms with Gasteiger partial charge in [-0.05, 0) is 37.5 Å². The molecule has 2 rings (SSSR count). The molecule has 26 heavy (non-hydrogen) atoms. The van der Waals surface area contributed by atoms with Crippen molar-refractivity contribution in [2.75, 3.05) is 17.5 Å². The molecule has 144 valence electrons. The summed E-state index contributed by atoms with van der Waals surface area (Å²) < 4.78 is 25.0. The quantitative estimate of drug-likeness (QED) is 0.640. The highest BCUT2D eigenvalue weighted by Gasteiger charge is 2.22. The van der Waals surface area contributed by atoms with Crippen molar-refractivity contribution in [2.24, 2.45) is 5.92 Å². The first-order valence-corrected chi connectivity index (χ1v) is 10.8. The number of rotatable bonds is 8. The summed E-state index contributed by atoms with van der Waals surface area (Å²) in [5, 5.41) is 5.69. The highest BCUT2D eigenvalue weighted by Crippen LogP contribution is 2.24. The molecule has 0 bridgehead atoms. The van der Waals surface area contributed by atoms with Gasteiger partial charge in [-0.1, -0.05) is 25.0 Å². The van der Waals surface area contributed by atoms with Gasteiger partial charge in [0.1, 0.15) is 0 Å². The molecular weight excluding hydrogens is 354 g/mol. The summed E-state index contributed by atoms with van der Waals surface area (Å²) in [7, 11) is -3.35. The summed E-state index contributed by atoms with van der Waals surface area (Å²) >= 11 is 0. The van der Waals surface area contributed by atoms with E-state index in [0.29, 0.717) is 12.2 Å². The second-order valence-electron chi connectivity index (χ2n) is 6.81. The number of amides is 2. The van der Waals surface area contributed by atoms with E-state index in [1.54, 1.807) is 18.2 Å². The molecule has 3 N–H and O–H groups in total. The first-order valence-electron chi connectivity index (χ1n) is 8.89. The van der Waals surface area contributed by atoms with E-state index in [2.05, 4.69) is 15.4 Å². The van der Waals surface area contributed by atoms with Crippen LogP contribution in [0.25, 0.3) is 0 Å². The molecule has 1 aromatic rings. The maximum Gasteiger partial charge on any atom is 0.229 e. The van der Waals surface area contributed by atoms with Crippen LogP contribution in [-0.4, -0.2) is 33.0 Å². The van der Waals surface area contributed by atoms with Crippen LogP contribution >= 0.6 is 0 Å². The highest BCUT2D eigenvalue weighted by molar-refractivity contribution is 7.92. The fourth-order valence-corrected chi connectivity index (χ4v) is 3.67. The van der Waals surface area contributed by atoms with Gasteiger partial charge in [0.2, 0.25) is 21.8 Å². The van der Waals surface area contributed by atoms with Gasteiger partial charge >= 0.3 is 0 Å². The lowest BCUT2D eigenvalue weighted by Crippen LogP contribution is -2.34. The zero-order chi connectivity index (χ0) is 19.2. The summed E-state index contributed by atoms with van der Waals surface area (Å²) in [6.07, 6.45) is 5.38. The van der Waals surface area contributed by atoms with Crippen molar-refractivity contribution < 1.29 is 18.0 Å². The first-order chi connectivity index (χ1) is 12.2. The lowest BCUT2D eigenvalue weighted by molar-refractivity contribution is -0.125. The van der Waals surface area contributed by atoms with Crippen LogP contribution < -0.4 is 15.4 Å². The van der Waals surface area contributed by atoms with Crippen LogP contribution in [0.3, 0.4) is 0 Å². The molecule has 8 heteroatoms. The third-order valence-electron chi connectivity index (χ3n) is 4.44. The molecule has 1 aromatic carbocycles. The zero-order valence-electron chi connectivity index (χ0n) is 15.2. The molecule has 7 nitrogen and oxygen atoms in total. The van der Waals surface area contributed by atoms with E-state index < -0.39 is 10.0 Å². The SMILES string of the molecule is C[C@@H](NC(=O)CCNC(=O)C1CCCC1)c1cccc(NS(C)(=O)=O)c1. The van der Waals surface area contributed by atoms with Gasteiger partial charge in [0.05, 0.1) is 12.3 Å². The predicted molar refractivity (Wildman–Crippen MR) is 101 cm³/mol. The maximum absolute atomic E-state index is 12.1. The van der Waals surface area contributed by atoms with Crippen LogP contribution in [0.15, 0.2) is 24.3 Å². The molecule has 1 atom stereocenters. The summed E-state index contributed by atoms with van der Waals surface area (Å²) in [6.45, 7) is 2.15. The molecule has 1 aliphatic rings. The van der Waals surface area contributed by atoms with Crippen molar-refractivity contribution in [1.29, 1.82) is 0 Å². The summed E-state index contributed by atoms with van der Waals surface area (Å²) in [4.78, 5) is 24.0. The Hall–Kier alpha value is -2.09. The van der Waals surface area contributed by atoms with Crippen molar-refractivity contribution in [1.82, 2.24) is 10.6 Å². The second kappa shape index (κ2) is 9.02. The summed E-state index contributed by atoms with van der Waals surface area (Å²) in [5.74, 6) is -0.0179. The monoisotopic (exact) mass is 381 g/mol. The van der Waals surface area contributed by atoms with Crippen molar-refractivity contribution >= 4 is 27.5 Å². The second-order valence-corrected chi connectivity index (χ2v) is 8.56. The van der Waals surface area contributed by atoms with E-state index in [1.807, 2.05) is 13.0 Å². The number of carbonyl (C=O) groups is 2. The number of carbonyl (C=O) groups excluding carboxylic acids is 2. The summed E-state index contributed by atoms with van der Waals surface area (Å²) in [6, 6.07) is 6.62. The molecule has 0 aliphatic heterocycles. The average molecular weight is 381 g/mol. The number of benzene rings is 1. The van der Waals surface area contributed by atoms with Gasteiger partial charge in [-0.15, -0.1) is 0 Å². The normalized spacial score (nSPS) is 16.1. The zero-order valence-corrected chi connectivity index (χ0v) is 16.1. The maximum atomic E-state index is 12.1. The fourth-order valence-electron chi connectivity index (χ4n) is 3.11. The van der Waals surface area contributed by atoms with Crippen LogP contribution in [-0.2, 0) is 19.6 Å². The van der Waals surface area contributed by atoms with Crippen LogP contribution in [0, 0.1) is 5.92 Å². The summed E-state index contributed by atoms with van der Waals surface area (Å²) in [5.41, 5.74) is 1.25. The molecule has 1 fully saturated rings. The van der Waals surface area contributed by atoms with Crippen molar-refractivity contribution in [3.63, 3.8) is 0 Å². The average Bonchev–Trinajstić information content (AvgIpc) is 3.08. The Kier molecular flexibility index (Phi) is 7.02. The number of nitrogens with one attached hydrogen (secondary N) is 3. The fraction of sp³-hybridized carbons (Fsp3) is 0.556. The first kappa shape index (κ1) is 20.2. The minimum absolute atomic E-state index is 0.0444. The Bertz CT molecular complexity index is 743. The van der Waals surface area contributed by atoms with Crippen LogP contribution in [0.2, 0.25) is 0 Å². The number of sulfonamides is 1. The van der Waals surface area contributed by atoms with E-state index in [-0.39, 0.29) is 30.2 Å². The van der Waals surface area contributed by atoms with E-state index in [1.165, 1.54) is 0 Å². The predicted octanol–water partition coefficient (Wildman–Crippen LogP) is 1.93. The highest BCUT2D eigenvalue weighted by atomic mass is 32.2. The molecule has 0 radical (unpaired) electrons. The van der Waals surface area contributed by atoms with Gasteiger partial charge in [-0.3, -0.25) is 14.3 Å². The Morgan fingerprint density at radius 1 is 1.23 bits per heavy atom. The lowest BCUT2D eigenvalue weighted by Gasteiger charge is -2.16. The standard InChI is InChI=1S/C18H27N3O4S/c1-13(15-8-5-9-16(12-15)21-26(2,24)25)20-17(22)10-11-19-18(23)14-6-3-4-7-14/h5,8-9,12-14,21H,3-4,6-7,10-11H2,1-2H3,(H,19,23)(H,20,22)/t13-/m1/s1. The number of anilines is 1. The molecule has 1 saturated carbocycles. The van der Waals surface area contributed by atoms with E-state index in [4.69, 9.17) is 0 Å². The Morgan fingerprint density at radius 3 is 2.58 bits per heavy atom. The largest absolute Gasteiger partial charge is 0.355 e. The third-order valence-corrected chi connectivity index (χ3v) is 5.05. The Labute approximate surface area is 155 Å².